The Morgan fingerprint density at radius 2 is 2.42 bits per heavy atom. The molecular formula is C12H15N3OS3. The number of aliphatic imine (C=N–C) groups is 1. The molecule has 2 heterocycles. The van der Waals surface area contributed by atoms with E-state index in [2.05, 4.69) is 22.2 Å². The minimum atomic E-state index is 0.0141. The van der Waals surface area contributed by atoms with Gasteiger partial charge in [-0.3, -0.25) is 9.79 Å². The van der Waals surface area contributed by atoms with E-state index in [4.69, 9.17) is 0 Å². The maximum absolute atomic E-state index is 11.8. The molecule has 1 atom stereocenters. The minimum absolute atomic E-state index is 0.0141. The lowest BCUT2D eigenvalue weighted by Gasteiger charge is -2.01. The summed E-state index contributed by atoms with van der Waals surface area (Å²) in [6.07, 6.45) is 3.37. The van der Waals surface area contributed by atoms with E-state index in [1.807, 2.05) is 0 Å². The standard InChI is InChI=1S/C12H15N3OS3/c1-7-5-17-12(13-7)18-6-10(16)15-11-14-8-3-2-4-9(8)19-11/h7H,2-6H2,1H3,(H,14,15,16)/t7-/m1/s1. The second-order valence-electron chi connectivity index (χ2n) is 4.63. The van der Waals surface area contributed by atoms with Crippen molar-refractivity contribution in [3.63, 3.8) is 0 Å². The van der Waals surface area contributed by atoms with Crippen LogP contribution in [0.5, 0.6) is 0 Å². The molecule has 0 aromatic carbocycles. The van der Waals surface area contributed by atoms with E-state index in [0.29, 0.717) is 11.8 Å². The van der Waals surface area contributed by atoms with Crippen molar-refractivity contribution in [3.05, 3.63) is 10.6 Å². The van der Waals surface area contributed by atoms with Crippen LogP contribution in [0.4, 0.5) is 5.13 Å². The zero-order chi connectivity index (χ0) is 13.2. The molecule has 0 saturated heterocycles. The third-order valence-corrected chi connectivity index (χ3v) is 6.48. The second kappa shape index (κ2) is 5.85. The smallest absolute Gasteiger partial charge is 0.236 e. The van der Waals surface area contributed by atoms with Crippen molar-refractivity contribution < 1.29 is 4.79 Å². The van der Waals surface area contributed by atoms with E-state index < -0.39 is 0 Å². The molecule has 7 heteroatoms. The Hall–Kier alpha value is -0.530. The number of carbonyl (C=O) groups is 1. The van der Waals surface area contributed by atoms with Crippen LogP contribution in [-0.2, 0) is 17.6 Å². The monoisotopic (exact) mass is 313 g/mol. The predicted octanol–water partition coefficient (Wildman–Crippen LogP) is 2.79. The van der Waals surface area contributed by atoms with Gasteiger partial charge in [-0.25, -0.2) is 4.98 Å². The lowest BCUT2D eigenvalue weighted by molar-refractivity contribution is -0.113. The van der Waals surface area contributed by atoms with Gasteiger partial charge in [0.15, 0.2) is 5.13 Å². The fourth-order valence-electron chi connectivity index (χ4n) is 2.05. The SMILES string of the molecule is C[C@@H]1CSC(SCC(=O)Nc2nc3c(s2)CCC3)=N1. The number of nitrogens with zero attached hydrogens (tertiary/aromatic N) is 2. The number of aryl methyl sites for hydroxylation is 2. The molecule has 1 aromatic heterocycles. The van der Waals surface area contributed by atoms with Gasteiger partial charge in [-0.05, 0) is 26.2 Å². The first-order valence-electron chi connectivity index (χ1n) is 6.32. The summed E-state index contributed by atoms with van der Waals surface area (Å²) in [6.45, 7) is 2.09. The van der Waals surface area contributed by atoms with Crippen molar-refractivity contribution in [3.8, 4) is 0 Å². The predicted molar refractivity (Wildman–Crippen MR) is 84.6 cm³/mol. The van der Waals surface area contributed by atoms with Gasteiger partial charge in [-0.2, -0.15) is 0 Å². The van der Waals surface area contributed by atoms with Gasteiger partial charge < -0.3 is 5.32 Å². The summed E-state index contributed by atoms with van der Waals surface area (Å²) < 4.78 is 1.03. The molecule has 1 aromatic rings. The van der Waals surface area contributed by atoms with Crippen LogP contribution in [-0.4, -0.2) is 32.8 Å². The molecule has 4 nitrogen and oxygen atoms in total. The average Bonchev–Trinajstić information content (AvgIpc) is 3.02. The number of amides is 1. The third kappa shape index (κ3) is 3.32. The summed E-state index contributed by atoms with van der Waals surface area (Å²) in [7, 11) is 0. The lowest BCUT2D eigenvalue weighted by atomic mass is 10.4. The number of anilines is 1. The first kappa shape index (κ1) is 13.5. The molecular weight excluding hydrogens is 298 g/mol. The van der Waals surface area contributed by atoms with Gasteiger partial charge in [-0.15, -0.1) is 11.3 Å². The zero-order valence-corrected chi connectivity index (χ0v) is 13.1. The summed E-state index contributed by atoms with van der Waals surface area (Å²) in [5.74, 6) is 1.46. The van der Waals surface area contributed by atoms with Crippen LogP contribution in [0.25, 0.3) is 0 Å². The Morgan fingerprint density at radius 3 is 3.16 bits per heavy atom. The van der Waals surface area contributed by atoms with Crippen LogP contribution in [0.15, 0.2) is 4.99 Å². The van der Waals surface area contributed by atoms with E-state index in [-0.39, 0.29) is 5.91 Å². The van der Waals surface area contributed by atoms with E-state index in [0.717, 1.165) is 28.1 Å². The highest BCUT2D eigenvalue weighted by molar-refractivity contribution is 8.39. The molecule has 19 heavy (non-hydrogen) atoms. The molecule has 1 aliphatic carbocycles. The van der Waals surface area contributed by atoms with Crippen molar-refractivity contribution in [2.45, 2.75) is 32.2 Å². The first-order valence-corrected chi connectivity index (χ1v) is 9.11. The molecule has 102 valence electrons. The van der Waals surface area contributed by atoms with E-state index in [1.54, 1.807) is 23.1 Å². The number of hydrogen-bond acceptors (Lipinski definition) is 6. The molecule has 0 saturated carbocycles. The highest BCUT2D eigenvalue weighted by atomic mass is 32.2. The van der Waals surface area contributed by atoms with Gasteiger partial charge in [0.2, 0.25) is 5.91 Å². The number of carbonyl (C=O) groups excluding carboxylic acids is 1. The van der Waals surface area contributed by atoms with E-state index in [1.165, 1.54) is 28.8 Å². The Bertz CT molecular complexity index is 505. The third-order valence-electron chi connectivity index (χ3n) is 2.94. The summed E-state index contributed by atoms with van der Waals surface area (Å²) in [6, 6.07) is 0.387. The number of thiazole rings is 1. The van der Waals surface area contributed by atoms with Crippen LogP contribution in [0.1, 0.15) is 23.9 Å². The van der Waals surface area contributed by atoms with E-state index in [9.17, 15) is 4.79 Å². The molecule has 0 radical (unpaired) electrons. The van der Waals surface area contributed by atoms with Crippen LogP contribution >= 0.6 is 34.9 Å². The van der Waals surface area contributed by atoms with Gasteiger partial charge in [0.05, 0.1) is 17.5 Å². The topological polar surface area (TPSA) is 54.4 Å². The Morgan fingerprint density at radius 1 is 1.53 bits per heavy atom. The number of rotatable bonds is 3. The van der Waals surface area contributed by atoms with Crippen LogP contribution in [0, 0.1) is 0 Å². The second-order valence-corrected chi connectivity index (χ2v) is 7.95. The van der Waals surface area contributed by atoms with Gasteiger partial charge >= 0.3 is 0 Å². The number of aromatic nitrogens is 1. The normalized spacial score (nSPS) is 21.3. The average molecular weight is 313 g/mol. The maximum atomic E-state index is 11.8. The highest BCUT2D eigenvalue weighted by Gasteiger charge is 2.19. The lowest BCUT2D eigenvalue weighted by Crippen LogP contribution is -2.14. The van der Waals surface area contributed by atoms with Crippen LogP contribution < -0.4 is 5.32 Å². The highest BCUT2D eigenvalue weighted by Crippen LogP contribution is 2.30. The Balaban J connectivity index is 1.49. The van der Waals surface area contributed by atoms with E-state index >= 15 is 0 Å². The number of thioether (sulfide) groups is 2. The van der Waals surface area contributed by atoms with Crippen LogP contribution in [0.2, 0.25) is 0 Å². The largest absolute Gasteiger partial charge is 0.301 e. The van der Waals surface area contributed by atoms with Crippen molar-refractivity contribution in [1.82, 2.24) is 4.98 Å². The van der Waals surface area contributed by atoms with Crippen molar-refractivity contribution in [1.29, 1.82) is 0 Å². The summed E-state index contributed by atoms with van der Waals surface area (Å²) in [5, 5.41) is 3.64. The molecule has 1 aliphatic heterocycles. The number of nitrogens with one attached hydrogen (secondary N) is 1. The first-order chi connectivity index (χ1) is 9.20. The molecule has 0 unspecified atom stereocenters. The van der Waals surface area contributed by atoms with Crippen molar-refractivity contribution in [2.24, 2.45) is 4.99 Å². The fraction of sp³-hybridized carbons (Fsp3) is 0.583. The maximum Gasteiger partial charge on any atom is 0.236 e. The van der Waals surface area contributed by atoms with Crippen LogP contribution in [0.3, 0.4) is 0 Å². The summed E-state index contributed by atoms with van der Waals surface area (Å²) in [4.78, 5) is 22.1. The zero-order valence-electron chi connectivity index (χ0n) is 10.6. The molecule has 0 fully saturated rings. The Labute approximate surface area is 124 Å². The molecule has 3 rings (SSSR count). The van der Waals surface area contributed by atoms with Crippen molar-refractivity contribution in [2.75, 3.05) is 16.8 Å². The van der Waals surface area contributed by atoms with Gasteiger partial charge in [0.25, 0.3) is 0 Å². The summed E-state index contributed by atoms with van der Waals surface area (Å²) in [5.41, 5.74) is 1.18. The molecule has 1 N–H and O–H groups in total. The molecule has 2 aliphatic rings. The molecule has 1 amide bonds. The summed E-state index contributed by atoms with van der Waals surface area (Å²) >= 11 is 4.88. The minimum Gasteiger partial charge on any atom is -0.301 e. The van der Waals surface area contributed by atoms with Gasteiger partial charge in [0.1, 0.15) is 4.38 Å². The number of hydrogen-bond donors (Lipinski definition) is 1. The number of fused-ring (bicyclic) bond motifs is 1. The van der Waals surface area contributed by atoms with Gasteiger partial charge in [-0.1, -0.05) is 23.5 Å². The Kier molecular flexibility index (Phi) is 4.14. The quantitative estimate of drug-likeness (QED) is 0.932. The molecule has 0 bridgehead atoms. The van der Waals surface area contributed by atoms with Gasteiger partial charge in [0, 0.05) is 10.6 Å². The van der Waals surface area contributed by atoms with Crippen molar-refractivity contribution >= 4 is 50.3 Å². The fourth-order valence-corrected chi connectivity index (χ4v) is 5.13. The molecule has 0 spiro atoms.